The molecule has 1 aliphatic carbocycles. The minimum Gasteiger partial charge on any atom is -0.348 e. The summed E-state index contributed by atoms with van der Waals surface area (Å²) in [6, 6.07) is 6.09. The molecule has 6 heteroatoms. The molecule has 6 nitrogen and oxygen atoms in total. The third kappa shape index (κ3) is 3.55. The summed E-state index contributed by atoms with van der Waals surface area (Å²) in [5.41, 5.74) is 4.28. The first-order valence-corrected chi connectivity index (χ1v) is 10.3. The number of hydrogen-bond donors (Lipinski definition) is 2. The Hall–Kier alpha value is -2.63. The molecule has 2 N–H and O–H groups in total. The fraction of sp³-hybridized carbons (Fsp3) is 0.500. The minimum absolute atomic E-state index is 0.136. The van der Waals surface area contributed by atoms with Crippen LogP contribution in [-0.2, 0) is 13.0 Å². The number of aryl methyl sites for hydroxylation is 1. The predicted octanol–water partition coefficient (Wildman–Crippen LogP) is 3.76. The van der Waals surface area contributed by atoms with E-state index in [0.717, 1.165) is 74.0 Å². The van der Waals surface area contributed by atoms with Crippen LogP contribution in [0.3, 0.4) is 0 Å². The van der Waals surface area contributed by atoms with Crippen molar-refractivity contribution in [1.82, 2.24) is 14.9 Å². The number of nitrogens with zero attached hydrogens (tertiary/aromatic N) is 2. The molecule has 1 aromatic carbocycles. The highest BCUT2D eigenvalue weighted by Crippen LogP contribution is 2.24. The molecule has 2 amide bonds. The van der Waals surface area contributed by atoms with E-state index in [4.69, 9.17) is 0 Å². The van der Waals surface area contributed by atoms with E-state index in [1.165, 1.54) is 0 Å². The zero-order valence-electron chi connectivity index (χ0n) is 16.7. The van der Waals surface area contributed by atoms with E-state index in [-0.39, 0.29) is 17.9 Å². The van der Waals surface area contributed by atoms with E-state index < -0.39 is 0 Å². The summed E-state index contributed by atoms with van der Waals surface area (Å²) >= 11 is 0. The van der Waals surface area contributed by atoms with Crippen LogP contribution in [0, 0.1) is 13.8 Å². The van der Waals surface area contributed by atoms with Crippen molar-refractivity contribution in [3.63, 3.8) is 0 Å². The molecule has 2 aliphatic rings. The van der Waals surface area contributed by atoms with E-state index in [1.54, 1.807) is 0 Å². The van der Waals surface area contributed by atoms with Crippen LogP contribution in [0.25, 0.3) is 0 Å². The molecule has 1 aromatic heterocycles. The molecule has 4 rings (SSSR count). The maximum absolute atomic E-state index is 13.0. The summed E-state index contributed by atoms with van der Waals surface area (Å²) in [4.78, 5) is 30.4. The second-order valence-electron chi connectivity index (χ2n) is 8.00. The Kier molecular flexibility index (Phi) is 5.20. The number of carbonyl (C=O) groups is 2. The van der Waals surface area contributed by atoms with Gasteiger partial charge < -0.3 is 15.2 Å². The van der Waals surface area contributed by atoms with Crippen molar-refractivity contribution in [3.8, 4) is 0 Å². The molecule has 0 unspecified atom stereocenters. The lowest BCUT2D eigenvalue weighted by Gasteiger charge is -2.18. The van der Waals surface area contributed by atoms with Crippen LogP contribution >= 0.6 is 0 Å². The normalized spacial score (nSPS) is 16.6. The number of benzene rings is 1. The van der Waals surface area contributed by atoms with Gasteiger partial charge in [0.25, 0.3) is 11.8 Å². The molecule has 28 heavy (non-hydrogen) atoms. The maximum Gasteiger partial charge on any atom is 0.291 e. The smallest absolute Gasteiger partial charge is 0.291 e. The van der Waals surface area contributed by atoms with Crippen molar-refractivity contribution in [2.75, 3.05) is 5.32 Å². The molecular weight excluding hydrogens is 352 g/mol. The van der Waals surface area contributed by atoms with Crippen molar-refractivity contribution in [1.29, 1.82) is 0 Å². The second kappa shape index (κ2) is 7.78. The van der Waals surface area contributed by atoms with Crippen LogP contribution in [0.2, 0.25) is 0 Å². The Morgan fingerprint density at radius 1 is 1.07 bits per heavy atom. The van der Waals surface area contributed by atoms with Crippen molar-refractivity contribution in [2.45, 2.75) is 71.4 Å². The number of amides is 2. The van der Waals surface area contributed by atoms with Crippen LogP contribution in [0.15, 0.2) is 18.2 Å². The monoisotopic (exact) mass is 380 g/mol. The topological polar surface area (TPSA) is 76.0 Å². The molecule has 2 aromatic rings. The summed E-state index contributed by atoms with van der Waals surface area (Å²) < 4.78 is 1.94. The first kappa shape index (κ1) is 18.7. The summed E-state index contributed by atoms with van der Waals surface area (Å²) in [6.07, 6.45) is 7.19. The molecule has 148 valence electrons. The fourth-order valence-electron chi connectivity index (χ4n) is 4.29. The van der Waals surface area contributed by atoms with E-state index in [0.29, 0.717) is 11.5 Å². The maximum atomic E-state index is 13.0. The van der Waals surface area contributed by atoms with Crippen LogP contribution in [0.4, 0.5) is 5.69 Å². The number of nitrogens with one attached hydrogen (secondary N) is 2. The fourth-order valence-corrected chi connectivity index (χ4v) is 4.29. The number of anilines is 1. The van der Waals surface area contributed by atoms with Gasteiger partial charge in [0.05, 0.1) is 5.69 Å². The van der Waals surface area contributed by atoms with Crippen LogP contribution in [-0.4, -0.2) is 27.4 Å². The Morgan fingerprint density at radius 3 is 2.64 bits per heavy atom. The molecule has 0 radical (unpaired) electrons. The van der Waals surface area contributed by atoms with Gasteiger partial charge in [-0.15, -0.1) is 0 Å². The molecular formula is C22H28N4O2. The van der Waals surface area contributed by atoms with Gasteiger partial charge in [-0.2, -0.15) is 0 Å². The van der Waals surface area contributed by atoms with E-state index in [2.05, 4.69) is 15.6 Å². The molecule has 1 aliphatic heterocycles. The van der Waals surface area contributed by atoms with Crippen LogP contribution in [0.1, 0.15) is 76.5 Å². The first-order valence-electron chi connectivity index (χ1n) is 10.3. The van der Waals surface area contributed by atoms with E-state index >= 15 is 0 Å². The number of aromatic nitrogens is 2. The van der Waals surface area contributed by atoms with E-state index in [9.17, 15) is 9.59 Å². The zero-order valence-corrected chi connectivity index (χ0v) is 16.7. The van der Waals surface area contributed by atoms with Gasteiger partial charge in [0.2, 0.25) is 0 Å². The van der Waals surface area contributed by atoms with Crippen molar-refractivity contribution in [2.24, 2.45) is 0 Å². The standard InChI is InChI=1S/C22H28N4O2/c1-14-8-7-11-17(15(14)2)24-22(28)20-25-19(18-12-5-6-13-26(18)20)21(27)23-16-9-3-4-10-16/h7-8,11,16H,3-6,9-10,12-13H2,1-2H3,(H,23,27)(H,24,28). The average molecular weight is 380 g/mol. The first-order chi connectivity index (χ1) is 13.5. The van der Waals surface area contributed by atoms with Gasteiger partial charge in [-0.25, -0.2) is 4.98 Å². The predicted molar refractivity (Wildman–Crippen MR) is 109 cm³/mol. The molecule has 1 fully saturated rings. The molecule has 0 atom stereocenters. The molecule has 1 saturated carbocycles. The zero-order chi connectivity index (χ0) is 19.7. The molecule has 2 heterocycles. The van der Waals surface area contributed by atoms with Crippen LogP contribution in [0.5, 0.6) is 0 Å². The van der Waals surface area contributed by atoms with Crippen molar-refractivity contribution >= 4 is 17.5 Å². The molecule has 0 bridgehead atoms. The minimum atomic E-state index is -0.253. The SMILES string of the molecule is Cc1cccc(NC(=O)c2nc(C(=O)NC3CCCC3)c3n2CCCC3)c1C. The lowest BCUT2D eigenvalue weighted by atomic mass is 10.1. The molecule has 0 spiro atoms. The lowest BCUT2D eigenvalue weighted by molar-refractivity contribution is 0.0931. The number of rotatable bonds is 4. The summed E-state index contributed by atoms with van der Waals surface area (Å²) in [7, 11) is 0. The Morgan fingerprint density at radius 2 is 1.86 bits per heavy atom. The number of carbonyl (C=O) groups excluding carboxylic acids is 2. The summed E-state index contributed by atoms with van der Waals surface area (Å²) in [5, 5.41) is 6.11. The van der Waals surface area contributed by atoms with Gasteiger partial charge in [0, 0.05) is 18.3 Å². The largest absolute Gasteiger partial charge is 0.348 e. The highest BCUT2D eigenvalue weighted by molar-refractivity contribution is 6.04. The van der Waals surface area contributed by atoms with E-state index in [1.807, 2.05) is 36.6 Å². The van der Waals surface area contributed by atoms with Gasteiger partial charge >= 0.3 is 0 Å². The number of imidazole rings is 1. The second-order valence-corrected chi connectivity index (χ2v) is 8.00. The molecule has 0 saturated heterocycles. The number of fused-ring (bicyclic) bond motifs is 1. The quantitative estimate of drug-likeness (QED) is 0.848. The van der Waals surface area contributed by atoms with Gasteiger partial charge in [-0.3, -0.25) is 9.59 Å². The summed E-state index contributed by atoms with van der Waals surface area (Å²) in [6.45, 7) is 4.74. The average Bonchev–Trinajstić information content (AvgIpc) is 3.33. The van der Waals surface area contributed by atoms with Gasteiger partial charge in [-0.05, 0) is 63.1 Å². The van der Waals surface area contributed by atoms with Gasteiger partial charge in [0.15, 0.2) is 5.82 Å². The third-order valence-electron chi connectivity index (χ3n) is 6.08. The van der Waals surface area contributed by atoms with Crippen LogP contribution < -0.4 is 10.6 Å². The third-order valence-corrected chi connectivity index (χ3v) is 6.08. The van der Waals surface area contributed by atoms with Crippen molar-refractivity contribution < 1.29 is 9.59 Å². The van der Waals surface area contributed by atoms with Crippen molar-refractivity contribution in [3.05, 3.63) is 46.5 Å². The van der Waals surface area contributed by atoms with Gasteiger partial charge in [-0.1, -0.05) is 25.0 Å². The lowest BCUT2D eigenvalue weighted by Crippen LogP contribution is -2.33. The Balaban J connectivity index is 1.61. The van der Waals surface area contributed by atoms with Gasteiger partial charge in [0.1, 0.15) is 5.69 Å². The highest BCUT2D eigenvalue weighted by atomic mass is 16.2. The highest BCUT2D eigenvalue weighted by Gasteiger charge is 2.29. The Labute approximate surface area is 165 Å². The Bertz CT molecular complexity index is 910. The number of hydrogen-bond acceptors (Lipinski definition) is 3. The summed E-state index contributed by atoms with van der Waals surface area (Å²) in [5.74, 6) is -0.0488.